The van der Waals surface area contributed by atoms with E-state index in [-0.39, 0.29) is 18.5 Å². The molecule has 0 spiro atoms. The van der Waals surface area contributed by atoms with E-state index in [2.05, 4.69) is 5.32 Å². The van der Waals surface area contributed by atoms with Gasteiger partial charge in [-0.05, 0) is 61.7 Å². The minimum absolute atomic E-state index is 0.0596. The Bertz CT molecular complexity index is 1080. The van der Waals surface area contributed by atoms with E-state index in [1.165, 1.54) is 17.0 Å². The van der Waals surface area contributed by atoms with Crippen LogP contribution in [0.2, 0.25) is 10.0 Å². The van der Waals surface area contributed by atoms with Crippen LogP contribution in [0.5, 0.6) is 0 Å². The van der Waals surface area contributed by atoms with Gasteiger partial charge in [0.15, 0.2) is 0 Å². The maximum atomic E-state index is 13.6. The Kier molecular flexibility index (Phi) is 10.2. The molecule has 0 aliphatic heterocycles. The van der Waals surface area contributed by atoms with Gasteiger partial charge >= 0.3 is 0 Å². The van der Waals surface area contributed by atoms with Gasteiger partial charge in [0.1, 0.15) is 12.6 Å². The zero-order chi connectivity index (χ0) is 25.5. The molecule has 0 saturated heterocycles. The van der Waals surface area contributed by atoms with Crippen LogP contribution in [-0.2, 0) is 26.2 Å². The number of nitrogens with zero attached hydrogens (tertiary/aromatic N) is 2. The van der Waals surface area contributed by atoms with Crippen molar-refractivity contribution in [2.24, 2.45) is 0 Å². The third kappa shape index (κ3) is 7.89. The van der Waals surface area contributed by atoms with E-state index < -0.39 is 28.5 Å². The van der Waals surface area contributed by atoms with Gasteiger partial charge in [-0.3, -0.25) is 13.9 Å². The molecule has 0 bridgehead atoms. The Morgan fingerprint density at radius 3 is 1.94 bits per heavy atom. The lowest BCUT2D eigenvalue weighted by Gasteiger charge is -2.33. The summed E-state index contributed by atoms with van der Waals surface area (Å²) in [5, 5.41) is 3.93. The largest absolute Gasteiger partial charge is 0.352 e. The molecule has 2 rings (SSSR count). The molecule has 0 radical (unpaired) electrons. The van der Waals surface area contributed by atoms with Crippen molar-refractivity contribution in [3.05, 3.63) is 64.1 Å². The zero-order valence-corrected chi connectivity index (χ0v) is 22.1. The number of hydrogen-bond acceptors (Lipinski definition) is 4. The van der Waals surface area contributed by atoms with Crippen molar-refractivity contribution < 1.29 is 18.0 Å². The van der Waals surface area contributed by atoms with Gasteiger partial charge in [0.05, 0.1) is 11.9 Å². The highest BCUT2D eigenvalue weighted by molar-refractivity contribution is 7.92. The number of anilines is 1. The van der Waals surface area contributed by atoms with Crippen molar-refractivity contribution >= 4 is 50.7 Å². The standard InChI is InChI=1S/C24H31Cl2N3O4S/c1-5-17(3)27-24(31)22(6-2)28(15-18-7-9-19(25)10-8-18)23(30)16-29(34(4,32)33)21-13-11-20(26)12-14-21/h7-14,17,22H,5-6,15-16H2,1-4H3,(H,27,31)/t17-,22+/m0/s1. The molecule has 0 fully saturated rings. The van der Waals surface area contributed by atoms with Gasteiger partial charge in [0.25, 0.3) is 0 Å². The molecule has 0 saturated carbocycles. The van der Waals surface area contributed by atoms with E-state index >= 15 is 0 Å². The van der Waals surface area contributed by atoms with Gasteiger partial charge in [-0.25, -0.2) is 8.42 Å². The average molecular weight is 529 g/mol. The van der Waals surface area contributed by atoms with Crippen LogP contribution < -0.4 is 9.62 Å². The predicted octanol–water partition coefficient (Wildman–Crippen LogP) is 4.48. The summed E-state index contributed by atoms with van der Waals surface area (Å²) in [6.07, 6.45) is 2.14. The SMILES string of the molecule is CC[C@H](C(=O)N[C@@H](C)CC)N(Cc1ccc(Cl)cc1)C(=O)CN(c1ccc(Cl)cc1)S(C)(=O)=O. The number of rotatable bonds is 11. The van der Waals surface area contributed by atoms with E-state index in [1.807, 2.05) is 20.8 Å². The third-order valence-electron chi connectivity index (χ3n) is 5.45. The van der Waals surface area contributed by atoms with Gasteiger partial charge < -0.3 is 10.2 Å². The molecule has 2 amide bonds. The molecule has 2 aromatic carbocycles. The first-order valence-corrected chi connectivity index (χ1v) is 13.6. The number of nitrogens with one attached hydrogen (secondary N) is 1. The minimum Gasteiger partial charge on any atom is -0.352 e. The van der Waals surface area contributed by atoms with Gasteiger partial charge in [-0.15, -0.1) is 0 Å². The maximum Gasteiger partial charge on any atom is 0.244 e. The predicted molar refractivity (Wildman–Crippen MR) is 138 cm³/mol. The van der Waals surface area contributed by atoms with Crippen molar-refractivity contribution in [1.29, 1.82) is 0 Å². The van der Waals surface area contributed by atoms with Crippen LogP contribution in [0.1, 0.15) is 39.2 Å². The number of sulfonamides is 1. The highest BCUT2D eigenvalue weighted by Gasteiger charge is 2.32. The topological polar surface area (TPSA) is 86.8 Å². The molecule has 2 aromatic rings. The normalized spacial score (nSPS) is 13.1. The van der Waals surface area contributed by atoms with Crippen molar-refractivity contribution in [2.45, 2.75) is 52.2 Å². The first-order chi connectivity index (χ1) is 16.0. The number of carbonyl (C=O) groups is 2. The molecule has 2 atom stereocenters. The summed E-state index contributed by atoms with van der Waals surface area (Å²) in [5.41, 5.74) is 1.08. The van der Waals surface area contributed by atoms with E-state index in [1.54, 1.807) is 36.4 Å². The van der Waals surface area contributed by atoms with Crippen LogP contribution in [0, 0.1) is 0 Å². The van der Waals surface area contributed by atoms with Crippen LogP contribution in [0.15, 0.2) is 48.5 Å². The van der Waals surface area contributed by atoms with Crippen molar-refractivity contribution in [2.75, 3.05) is 17.1 Å². The number of carbonyl (C=O) groups excluding carboxylic acids is 2. The highest BCUT2D eigenvalue weighted by Crippen LogP contribution is 2.22. The van der Waals surface area contributed by atoms with Crippen LogP contribution in [0.25, 0.3) is 0 Å². The van der Waals surface area contributed by atoms with Gasteiger partial charge in [-0.2, -0.15) is 0 Å². The molecule has 10 heteroatoms. The van der Waals surface area contributed by atoms with Crippen molar-refractivity contribution in [1.82, 2.24) is 10.2 Å². The zero-order valence-electron chi connectivity index (χ0n) is 19.8. The summed E-state index contributed by atoms with van der Waals surface area (Å²) in [6.45, 7) is 5.33. The molecule has 7 nitrogen and oxygen atoms in total. The molecule has 186 valence electrons. The second kappa shape index (κ2) is 12.4. The molecule has 0 aliphatic carbocycles. The third-order valence-corrected chi connectivity index (χ3v) is 7.09. The molecule has 0 aliphatic rings. The quantitative estimate of drug-likeness (QED) is 0.466. The molecule has 34 heavy (non-hydrogen) atoms. The smallest absolute Gasteiger partial charge is 0.244 e. The van der Waals surface area contributed by atoms with E-state index in [4.69, 9.17) is 23.2 Å². The Hall–Kier alpha value is -2.29. The molecule has 0 unspecified atom stereocenters. The average Bonchev–Trinajstić information content (AvgIpc) is 2.78. The summed E-state index contributed by atoms with van der Waals surface area (Å²) >= 11 is 11.9. The minimum atomic E-state index is -3.79. The second-order valence-electron chi connectivity index (χ2n) is 8.14. The van der Waals surface area contributed by atoms with E-state index in [0.29, 0.717) is 22.2 Å². The first kappa shape index (κ1) is 28.0. The summed E-state index contributed by atoms with van der Waals surface area (Å²) in [6, 6.07) is 12.3. The van der Waals surface area contributed by atoms with Crippen LogP contribution in [0.3, 0.4) is 0 Å². The Morgan fingerprint density at radius 1 is 0.941 bits per heavy atom. The summed E-state index contributed by atoms with van der Waals surface area (Å²) in [5.74, 6) is -0.780. The van der Waals surface area contributed by atoms with E-state index in [0.717, 1.165) is 22.5 Å². The highest BCUT2D eigenvalue weighted by atomic mass is 35.5. The fraction of sp³-hybridized carbons (Fsp3) is 0.417. The van der Waals surface area contributed by atoms with Gasteiger partial charge in [0, 0.05) is 22.6 Å². The van der Waals surface area contributed by atoms with Crippen LogP contribution in [-0.4, -0.2) is 50.0 Å². The monoisotopic (exact) mass is 527 g/mol. The molecule has 0 aromatic heterocycles. The van der Waals surface area contributed by atoms with Gasteiger partial charge in [-0.1, -0.05) is 49.2 Å². The Morgan fingerprint density at radius 2 is 1.47 bits per heavy atom. The number of amides is 2. The molecule has 0 heterocycles. The lowest BCUT2D eigenvalue weighted by Crippen LogP contribution is -2.53. The lowest BCUT2D eigenvalue weighted by atomic mass is 10.1. The number of benzene rings is 2. The Labute approximate surface area is 212 Å². The fourth-order valence-electron chi connectivity index (χ4n) is 3.37. The summed E-state index contributed by atoms with van der Waals surface area (Å²) in [4.78, 5) is 28.0. The van der Waals surface area contributed by atoms with Gasteiger partial charge in [0.2, 0.25) is 21.8 Å². The van der Waals surface area contributed by atoms with Crippen molar-refractivity contribution in [3.8, 4) is 0 Å². The first-order valence-electron chi connectivity index (χ1n) is 11.0. The van der Waals surface area contributed by atoms with Crippen molar-refractivity contribution in [3.63, 3.8) is 0 Å². The Balaban J connectivity index is 2.41. The number of hydrogen-bond donors (Lipinski definition) is 1. The second-order valence-corrected chi connectivity index (χ2v) is 10.9. The van der Waals surface area contributed by atoms with Crippen LogP contribution >= 0.6 is 23.2 Å². The van der Waals surface area contributed by atoms with E-state index in [9.17, 15) is 18.0 Å². The fourth-order valence-corrected chi connectivity index (χ4v) is 4.47. The summed E-state index contributed by atoms with van der Waals surface area (Å²) < 4.78 is 26.1. The molecular formula is C24H31Cl2N3O4S. The maximum absolute atomic E-state index is 13.6. The number of halogens is 2. The summed E-state index contributed by atoms with van der Waals surface area (Å²) in [7, 11) is -3.79. The molecular weight excluding hydrogens is 497 g/mol. The van der Waals surface area contributed by atoms with Crippen LogP contribution in [0.4, 0.5) is 5.69 Å². The lowest BCUT2D eigenvalue weighted by molar-refractivity contribution is -0.140. The molecule has 1 N–H and O–H groups in total.